The molecule has 0 saturated carbocycles. The summed E-state index contributed by atoms with van der Waals surface area (Å²) in [5.74, 6) is -3.28. The van der Waals surface area contributed by atoms with Crippen molar-refractivity contribution in [1.82, 2.24) is 0 Å². The SMILES string of the molecule is CCc1cc2c(=O)c(Oc3ccc(I)cc3)c(C(F)(F)F)oc2cc1OC(=O)c1ccc(Cl)cc1. The average Bonchev–Trinajstić information content (AvgIpc) is 2.81. The van der Waals surface area contributed by atoms with E-state index in [9.17, 15) is 22.8 Å². The van der Waals surface area contributed by atoms with E-state index in [1.807, 2.05) is 22.6 Å². The third kappa shape index (κ3) is 5.46. The van der Waals surface area contributed by atoms with Gasteiger partial charge < -0.3 is 13.9 Å². The molecule has 1 aromatic heterocycles. The van der Waals surface area contributed by atoms with E-state index >= 15 is 0 Å². The van der Waals surface area contributed by atoms with Crippen molar-refractivity contribution >= 4 is 51.1 Å². The van der Waals surface area contributed by atoms with Crippen LogP contribution in [0.5, 0.6) is 17.2 Å². The fraction of sp³-hybridized carbons (Fsp3) is 0.120. The molecule has 4 aromatic rings. The molecule has 0 radical (unpaired) electrons. The molecule has 0 aliphatic heterocycles. The second kappa shape index (κ2) is 9.90. The summed E-state index contributed by atoms with van der Waals surface area (Å²) in [6.07, 6.45) is -4.69. The predicted molar refractivity (Wildman–Crippen MR) is 133 cm³/mol. The molecule has 0 aliphatic carbocycles. The Morgan fingerprint density at radius 1 is 1.06 bits per heavy atom. The van der Waals surface area contributed by atoms with Gasteiger partial charge in [0, 0.05) is 14.7 Å². The number of esters is 1. The molecule has 3 aromatic carbocycles. The first-order valence-electron chi connectivity index (χ1n) is 10.2. The van der Waals surface area contributed by atoms with Gasteiger partial charge in [0.1, 0.15) is 17.1 Å². The number of halogens is 5. The van der Waals surface area contributed by atoms with E-state index in [0.29, 0.717) is 17.0 Å². The molecule has 4 rings (SSSR count). The van der Waals surface area contributed by atoms with E-state index in [4.69, 9.17) is 25.5 Å². The highest BCUT2D eigenvalue weighted by molar-refractivity contribution is 14.1. The fourth-order valence-electron chi connectivity index (χ4n) is 3.27. The van der Waals surface area contributed by atoms with Gasteiger partial charge in [-0.15, -0.1) is 0 Å². The molecule has 0 aliphatic rings. The van der Waals surface area contributed by atoms with Gasteiger partial charge in [-0.25, -0.2) is 4.79 Å². The average molecular weight is 615 g/mol. The minimum atomic E-state index is -5.02. The van der Waals surface area contributed by atoms with Crippen molar-refractivity contribution in [1.29, 1.82) is 0 Å². The van der Waals surface area contributed by atoms with Crippen molar-refractivity contribution in [3.05, 3.63) is 96.4 Å². The fourth-order valence-corrected chi connectivity index (χ4v) is 3.75. The quantitative estimate of drug-likeness (QED) is 0.131. The Kier molecular flexibility index (Phi) is 7.09. The molecule has 10 heteroatoms. The molecular formula is C25H15ClF3IO5. The van der Waals surface area contributed by atoms with E-state index in [-0.39, 0.29) is 22.4 Å². The molecule has 0 saturated heterocycles. The number of carbonyl (C=O) groups is 1. The van der Waals surface area contributed by atoms with Crippen LogP contribution >= 0.6 is 34.2 Å². The molecule has 5 nitrogen and oxygen atoms in total. The van der Waals surface area contributed by atoms with Crippen LogP contribution in [-0.2, 0) is 12.6 Å². The highest BCUT2D eigenvalue weighted by Crippen LogP contribution is 2.39. The smallest absolute Gasteiger partial charge is 0.449 e. The van der Waals surface area contributed by atoms with Crippen LogP contribution in [0.15, 0.2) is 69.9 Å². The zero-order chi connectivity index (χ0) is 25.3. The Morgan fingerprint density at radius 2 is 1.71 bits per heavy atom. The summed E-state index contributed by atoms with van der Waals surface area (Å²) in [5, 5.41) is 0.285. The Morgan fingerprint density at radius 3 is 2.31 bits per heavy atom. The van der Waals surface area contributed by atoms with Crippen LogP contribution in [0.2, 0.25) is 5.02 Å². The van der Waals surface area contributed by atoms with Crippen molar-refractivity contribution in [2.24, 2.45) is 0 Å². The monoisotopic (exact) mass is 614 g/mol. The zero-order valence-electron chi connectivity index (χ0n) is 17.9. The maximum Gasteiger partial charge on any atom is 0.453 e. The van der Waals surface area contributed by atoms with E-state index in [1.165, 1.54) is 42.5 Å². The predicted octanol–water partition coefficient (Wildman–Crippen LogP) is 7.64. The van der Waals surface area contributed by atoms with E-state index in [0.717, 1.165) is 9.64 Å². The molecule has 0 spiro atoms. The van der Waals surface area contributed by atoms with Crippen LogP contribution < -0.4 is 14.9 Å². The van der Waals surface area contributed by atoms with Crippen molar-refractivity contribution in [3.63, 3.8) is 0 Å². The molecule has 0 fully saturated rings. The van der Waals surface area contributed by atoms with Crippen molar-refractivity contribution in [2.45, 2.75) is 19.5 Å². The maximum absolute atomic E-state index is 13.8. The first kappa shape index (κ1) is 25.1. The van der Waals surface area contributed by atoms with Gasteiger partial charge in [0.05, 0.1) is 10.9 Å². The van der Waals surface area contributed by atoms with Gasteiger partial charge in [-0.05, 0) is 89.2 Å². The standard InChI is InChI=1S/C25H15ClF3IO5/c1-2-13-11-18-20(12-19(13)35-24(32)14-3-5-15(26)6-4-14)34-23(25(27,28)29)22(21(18)31)33-17-9-7-16(30)8-10-17/h3-12H,2H2,1H3. The summed E-state index contributed by atoms with van der Waals surface area (Å²) in [4.78, 5) is 25.7. The van der Waals surface area contributed by atoms with Crippen LogP contribution in [0.3, 0.4) is 0 Å². The van der Waals surface area contributed by atoms with Gasteiger partial charge >= 0.3 is 12.1 Å². The molecule has 0 atom stereocenters. The molecule has 1 heterocycles. The van der Waals surface area contributed by atoms with Crippen molar-refractivity contribution < 1.29 is 31.9 Å². The normalized spacial score (nSPS) is 11.5. The number of benzene rings is 3. The topological polar surface area (TPSA) is 65.7 Å². The minimum absolute atomic E-state index is 0.0254. The van der Waals surface area contributed by atoms with Gasteiger partial charge in [-0.3, -0.25) is 4.79 Å². The maximum atomic E-state index is 13.8. The molecule has 35 heavy (non-hydrogen) atoms. The Hall–Kier alpha value is -3.05. The summed E-state index contributed by atoms with van der Waals surface area (Å²) in [5.41, 5.74) is -0.780. The number of rotatable bonds is 5. The van der Waals surface area contributed by atoms with Crippen LogP contribution in [0.25, 0.3) is 11.0 Å². The Labute approximate surface area is 215 Å². The highest BCUT2D eigenvalue weighted by Gasteiger charge is 2.40. The number of hydrogen-bond acceptors (Lipinski definition) is 5. The summed E-state index contributed by atoms with van der Waals surface area (Å²) < 4.78 is 58.2. The number of carbonyl (C=O) groups excluding carboxylic acids is 1. The molecule has 180 valence electrons. The summed E-state index contributed by atoms with van der Waals surface area (Å²) in [6.45, 7) is 1.75. The van der Waals surface area contributed by atoms with Crippen LogP contribution in [0.1, 0.15) is 28.6 Å². The molecule has 0 N–H and O–H groups in total. The lowest BCUT2D eigenvalue weighted by atomic mass is 10.1. The molecule has 0 bridgehead atoms. The highest BCUT2D eigenvalue weighted by atomic mass is 127. The third-order valence-electron chi connectivity index (χ3n) is 4.99. The Bertz CT molecular complexity index is 1460. The lowest BCUT2D eigenvalue weighted by molar-refractivity contribution is -0.154. The number of hydrogen-bond donors (Lipinski definition) is 0. The number of ether oxygens (including phenoxy) is 2. The van der Waals surface area contributed by atoms with Gasteiger partial charge in [0.15, 0.2) is 0 Å². The molecular weight excluding hydrogens is 600 g/mol. The van der Waals surface area contributed by atoms with Crippen LogP contribution in [0.4, 0.5) is 13.2 Å². The van der Waals surface area contributed by atoms with E-state index in [2.05, 4.69) is 0 Å². The van der Waals surface area contributed by atoms with Crippen molar-refractivity contribution in [3.8, 4) is 17.2 Å². The largest absolute Gasteiger partial charge is 0.453 e. The second-order valence-corrected chi connectivity index (χ2v) is 9.03. The number of aryl methyl sites for hydroxylation is 1. The number of alkyl halides is 3. The van der Waals surface area contributed by atoms with Gasteiger partial charge in [-0.2, -0.15) is 13.2 Å². The minimum Gasteiger partial charge on any atom is -0.449 e. The zero-order valence-corrected chi connectivity index (χ0v) is 20.8. The first-order valence-corrected chi connectivity index (χ1v) is 11.6. The second-order valence-electron chi connectivity index (χ2n) is 7.35. The summed E-state index contributed by atoms with van der Waals surface area (Å²) in [6, 6.07) is 14.5. The summed E-state index contributed by atoms with van der Waals surface area (Å²) >= 11 is 7.86. The number of fused-ring (bicyclic) bond motifs is 1. The lowest BCUT2D eigenvalue weighted by Crippen LogP contribution is -2.16. The van der Waals surface area contributed by atoms with Gasteiger partial charge in [0.25, 0.3) is 5.76 Å². The van der Waals surface area contributed by atoms with E-state index in [1.54, 1.807) is 19.1 Å². The van der Waals surface area contributed by atoms with Crippen LogP contribution in [-0.4, -0.2) is 5.97 Å². The van der Waals surface area contributed by atoms with Crippen molar-refractivity contribution in [2.75, 3.05) is 0 Å². The third-order valence-corrected chi connectivity index (χ3v) is 5.96. The Balaban J connectivity index is 1.82. The summed E-state index contributed by atoms with van der Waals surface area (Å²) in [7, 11) is 0. The molecule has 0 amide bonds. The van der Waals surface area contributed by atoms with Gasteiger partial charge in [0.2, 0.25) is 11.2 Å². The molecule has 0 unspecified atom stereocenters. The van der Waals surface area contributed by atoms with E-state index < -0.39 is 34.7 Å². The van der Waals surface area contributed by atoms with Gasteiger partial charge in [-0.1, -0.05) is 18.5 Å². The lowest BCUT2D eigenvalue weighted by Gasteiger charge is -2.15. The van der Waals surface area contributed by atoms with Crippen LogP contribution in [0, 0.1) is 3.57 Å². The first-order chi connectivity index (χ1) is 16.6.